The van der Waals surface area contributed by atoms with Crippen molar-refractivity contribution in [2.75, 3.05) is 33.3 Å². The van der Waals surface area contributed by atoms with Gasteiger partial charge in [-0.1, -0.05) is 0 Å². The summed E-state index contributed by atoms with van der Waals surface area (Å²) in [5, 5.41) is 8.42. The quantitative estimate of drug-likeness (QED) is 0.679. The molecule has 1 aromatic rings. The molecule has 0 saturated carbocycles. The first-order valence-corrected chi connectivity index (χ1v) is 9.63. The Hall–Kier alpha value is -2.90. The zero-order valence-electron chi connectivity index (χ0n) is 16.1. The topological polar surface area (TPSA) is 91.3 Å². The van der Waals surface area contributed by atoms with Crippen LogP contribution in [-0.2, 0) is 14.4 Å². The summed E-state index contributed by atoms with van der Waals surface area (Å²) in [7, 11) is 1.61. The van der Waals surface area contributed by atoms with Crippen LogP contribution in [-0.4, -0.2) is 66.6 Å². The molecule has 0 atom stereocenters. The minimum Gasteiger partial charge on any atom is -0.497 e. The number of hydrogen-bond acceptors (Lipinski definition) is 5. The van der Waals surface area contributed by atoms with Crippen molar-refractivity contribution >= 4 is 23.4 Å². The highest BCUT2D eigenvalue weighted by Gasteiger charge is 2.23. The molecule has 0 bridgehead atoms. The molecule has 1 N–H and O–H groups in total. The lowest BCUT2D eigenvalue weighted by atomic mass is 10.0. The van der Waals surface area contributed by atoms with Crippen LogP contribution < -0.4 is 10.1 Å². The van der Waals surface area contributed by atoms with Gasteiger partial charge in [0.25, 0.3) is 0 Å². The summed E-state index contributed by atoms with van der Waals surface area (Å²) in [6.07, 6.45) is 3.11. The Bertz CT molecular complexity index is 760. The van der Waals surface area contributed by atoms with Crippen LogP contribution in [0.25, 0.3) is 0 Å². The molecule has 0 spiro atoms. The van der Waals surface area contributed by atoms with E-state index in [0.29, 0.717) is 38.8 Å². The van der Waals surface area contributed by atoms with Gasteiger partial charge in [-0.25, -0.2) is 5.01 Å². The number of nitrogens with one attached hydrogen (secondary N) is 1. The number of ether oxygens (including phenoxy) is 1. The van der Waals surface area contributed by atoms with Gasteiger partial charge in [0.15, 0.2) is 0 Å². The normalized spacial score (nSPS) is 17.0. The Labute approximate surface area is 164 Å². The first-order valence-electron chi connectivity index (χ1n) is 9.63. The second-order valence-corrected chi connectivity index (χ2v) is 6.91. The Kier molecular flexibility index (Phi) is 6.62. The molecule has 0 aliphatic carbocycles. The number of carbonyl (C=O) groups is 3. The Balaban J connectivity index is 1.49. The number of methoxy groups -OCH3 is 1. The van der Waals surface area contributed by atoms with Gasteiger partial charge in [-0.2, -0.15) is 5.10 Å². The summed E-state index contributed by atoms with van der Waals surface area (Å²) in [6, 6.07) is 7.48. The highest BCUT2D eigenvalue weighted by Crippen LogP contribution is 2.18. The van der Waals surface area contributed by atoms with Crippen molar-refractivity contribution in [2.24, 2.45) is 5.10 Å². The van der Waals surface area contributed by atoms with E-state index in [0.717, 1.165) is 30.0 Å². The van der Waals surface area contributed by atoms with Crippen molar-refractivity contribution in [3.05, 3.63) is 29.8 Å². The van der Waals surface area contributed by atoms with Gasteiger partial charge in [0.1, 0.15) is 12.3 Å². The minimum absolute atomic E-state index is 0.0961. The van der Waals surface area contributed by atoms with Gasteiger partial charge in [0.2, 0.25) is 17.7 Å². The Morgan fingerprint density at radius 3 is 2.61 bits per heavy atom. The molecule has 1 aromatic carbocycles. The van der Waals surface area contributed by atoms with E-state index >= 15 is 0 Å². The van der Waals surface area contributed by atoms with E-state index in [1.165, 1.54) is 5.01 Å². The summed E-state index contributed by atoms with van der Waals surface area (Å²) >= 11 is 0. The Morgan fingerprint density at radius 2 is 1.93 bits per heavy atom. The standard InChI is InChI=1S/C20H26N4O4/c1-28-16-7-5-15(6-8-16)17-9-10-20(27)24(22-17)14-18(25)21-11-3-13-23-12-2-4-19(23)26/h5-8H,2-4,9-14H2,1H3,(H,21,25). The van der Waals surface area contributed by atoms with Gasteiger partial charge in [-0.15, -0.1) is 0 Å². The van der Waals surface area contributed by atoms with Crippen molar-refractivity contribution in [1.29, 1.82) is 0 Å². The molecule has 1 fully saturated rings. The molecule has 0 aromatic heterocycles. The van der Waals surface area contributed by atoms with Crippen molar-refractivity contribution in [3.8, 4) is 5.75 Å². The fourth-order valence-electron chi connectivity index (χ4n) is 3.34. The lowest BCUT2D eigenvalue weighted by Gasteiger charge is -2.23. The van der Waals surface area contributed by atoms with E-state index in [4.69, 9.17) is 4.74 Å². The molecule has 2 aliphatic rings. The number of carbonyl (C=O) groups excluding carboxylic acids is 3. The van der Waals surface area contributed by atoms with Crippen LogP contribution in [0.2, 0.25) is 0 Å². The summed E-state index contributed by atoms with van der Waals surface area (Å²) in [6.45, 7) is 1.83. The second-order valence-electron chi connectivity index (χ2n) is 6.91. The SMILES string of the molecule is COc1ccc(C2=NN(CC(=O)NCCCN3CCCC3=O)C(=O)CC2)cc1. The van der Waals surface area contributed by atoms with Gasteiger partial charge in [0.05, 0.1) is 12.8 Å². The van der Waals surface area contributed by atoms with E-state index in [9.17, 15) is 14.4 Å². The lowest BCUT2D eigenvalue weighted by Crippen LogP contribution is -2.41. The van der Waals surface area contributed by atoms with E-state index < -0.39 is 0 Å². The lowest BCUT2D eigenvalue weighted by molar-refractivity contribution is -0.136. The summed E-state index contributed by atoms with van der Waals surface area (Å²) in [5.41, 5.74) is 1.69. The zero-order valence-corrected chi connectivity index (χ0v) is 16.1. The Morgan fingerprint density at radius 1 is 1.14 bits per heavy atom. The molecular weight excluding hydrogens is 360 g/mol. The van der Waals surface area contributed by atoms with Crippen LogP contribution in [0, 0.1) is 0 Å². The molecule has 0 radical (unpaired) electrons. The number of benzene rings is 1. The largest absolute Gasteiger partial charge is 0.497 e. The second kappa shape index (κ2) is 9.34. The van der Waals surface area contributed by atoms with Crippen molar-refractivity contribution in [1.82, 2.24) is 15.2 Å². The molecular formula is C20H26N4O4. The molecule has 3 amide bonds. The van der Waals surface area contributed by atoms with E-state index in [1.54, 1.807) is 7.11 Å². The van der Waals surface area contributed by atoms with Crippen LogP contribution >= 0.6 is 0 Å². The molecule has 150 valence electrons. The van der Waals surface area contributed by atoms with Crippen LogP contribution in [0.5, 0.6) is 5.75 Å². The van der Waals surface area contributed by atoms with E-state index in [-0.39, 0.29) is 24.3 Å². The molecule has 0 unspecified atom stereocenters. The predicted octanol–water partition coefficient (Wildman–Crippen LogP) is 1.15. The fourth-order valence-corrected chi connectivity index (χ4v) is 3.34. The van der Waals surface area contributed by atoms with Crippen LogP contribution in [0.1, 0.15) is 37.7 Å². The summed E-state index contributed by atoms with van der Waals surface area (Å²) < 4.78 is 5.15. The number of amides is 3. The molecule has 2 aliphatic heterocycles. The summed E-state index contributed by atoms with van der Waals surface area (Å²) in [5.74, 6) is 0.532. The molecule has 8 heteroatoms. The summed E-state index contributed by atoms with van der Waals surface area (Å²) in [4.78, 5) is 37.7. The van der Waals surface area contributed by atoms with Crippen LogP contribution in [0.15, 0.2) is 29.4 Å². The number of likely N-dealkylation sites (tertiary alicyclic amines) is 1. The van der Waals surface area contributed by atoms with E-state index in [1.807, 2.05) is 29.2 Å². The van der Waals surface area contributed by atoms with Gasteiger partial charge in [0, 0.05) is 38.9 Å². The van der Waals surface area contributed by atoms with Crippen LogP contribution in [0.4, 0.5) is 0 Å². The molecule has 8 nitrogen and oxygen atoms in total. The first kappa shape index (κ1) is 19.9. The third-order valence-electron chi connectivity index (χ3n) is 4.92. The highest BCUT2D eigenvalue weighted by atomic mass is 16.5. The maximum absolute atomic E-state index is 12.2. The van der Waals surface area contributed by atoms with E-state index in [2.05, 4.69) is 10.4 Å². The number of rotatable bonds is 8. The molecule has 1 saturated heterocycles. The molecule has 3 rings (SSSR count). The van der Waals surface area contributed by atoms with Crippen LogP contribution in [0.3, 0.4) is 0 Å². The fraction of sp³-hybridized carbons (Fsp3) is 0.500. The average Bonchev–Trinajstić information content (AvgIpc) is 3.12. The third-order valence-corrected chi connectivity index (χ3v) is 4.92. The molecule has 28 heavy (non-hydrogen) atoms. The predicted molar refractivity (Wildman–Crippen MR) is 104 cm³/mol. The highest BCUT2D eigenvalue weighted by molar-refractivity contribution is 6.04. The third kappa shape index (κ3) is 5.09. The number of hydrazone groups is 1. The maximum atomic E-state index is 12.2. The average molecular weight is 386 g/mol. The first-order chi connectivity index (χ1) is 13.6. The van der Waals surface area contributed by atoms with Gasteiger partial charge < -0.3 is 15.0 Å². The maximum Gasteiger partial charge on any atom is 0.243 e. The monoisotopic (exact) mass is 386 g/mol. The van der Waals surface area contributed by atoms with Gasteiger partial charge in [-0.3, -0.25) is 14.4 Å². The van der Waals surface area contributed by atoms with Crippen molar-refractivity contribution < 1.29 is 19.1 Å². The number of nitrogens with zero attached hydrogens (tertiary/aromatic N) is 3. The smallest absolute Gasteiger partial charge is 0.243 e. The van der Waals surface area contributed by atoms with Gasteiger partial charge in [-0.05, 0) is 42.7 Å². The van der Waals surface area contributed by atoms with Crippen molar-refractivity contribution in [3.63, 3.8) is 0 Å². The van der Waals surface area contributed by atoms with Crippen molar-refractivity contribution in [2.45, 2.75) is 32.1 Å². The minimum atomic E-state index is -0.249. The van der Waals surface area contributed by atoms with Gasteiger partial charge >= 0.3 is 0 Å². The zero-order chi connectivity index (χ0) is 19.9. The number of hydrogen-bond donors (Lipinski definition) is 1. The molecule has 2 heterocycles.